The standard InChI is InChI=1S/C25H28N2O5S/c1-25(23(29)30)14-27(15-25)22(28)21(11-12-33-2)26-24(31)32-13-20-18-9-5-3-7-16(18)17-8-4-6-10-19(17)20/h3-10,20-21H,11-15H2,1-2H3,(H,26,31)(H,29,30)/t21-/m1/s1. The van der Waals surface area contributed by atoms with Crippen molar-refractivity contribution in [1.82, 2.24) is 10.2 Å². The van der Waals surface area contributed by atoms with Crippen LogP contribution in [0.5, 0.6) is 0 Å². The van der Waals surface area contributed by atoms with Crippen molar-refractivity contribution in [2.24, 2.45) is 5.41 Å². The number of carbonyl (C=O) groups is 3. The van der Waals surface area contributed by atoms with Gasteiger partial charge in [0.25, 0.3) is 0 Å². The molecule has 2 aromatic carbocycles. The molecule has 2 N–H and O–H groups in total. The van der Waals surface area contributed by atoms with Crippen LogP contribution in [0.4, 0.5) is 4.79 Å². The third-order valence-electron chi connectivity index (χ3n) is 6.45. The fourth-order valence-electron chi connectivity index (χ4n) is 4.58. The zero-order valence-corrected chi connectivity index (χ0v) is 19.6. The van der Waals surface area contributed by atoms with E-state index in [0.717, 1.165) is 22.3 Å². The molecular formula is C25H28N2O5S. The first kappa shape index (κ1) is 23.2. The molecule has 33 heavy (non-hydrogen) atoms. The quantitative estimate of drug-likeness (QED) is 0.615. The molecule has 2 amide bonds. The average Bonchev–Trinajstić information content (AvgIpc) is 3.11. The zero-order chi connectivity index (χ0) is 23.6. The molecule has 4 rings (SSSR count). The number of alkyl carbamates (subject to hydrolysis) is 1. The second kappa shape index (κ2) is 9.47. The van der Waals surface area contributed by atoms with Crippen LogP contribution in [0.3, 0.4) is 0 Å². The number of carboxylic acid groups (broad SMARTS) is 1. The van der Waals surface area contributed by atoms with Gasteiger partial charge in [0.2, 0.25) is 5.91 Å². The summed E-state index contributed by atoms with van der Waals surface area (Å²) in [5, 5.41) is 12.0. The summed E-state index contributed by atoms with van der Waals surface area (Å²) in [4.78, 5) is 38.4. The lowest BCUT2D eigenvalue weighted by Gasteiger charge is -2.46. The van der Waals surface area contributed by atoms with Crippen molar-refractivity contribution < 1.29 is 24.2 Å². The summed E-state index contributed by atoms with van der Waals surface area (Å²) in [6, 6.07) is 15.5. The van der Waals surface area contributed by atoms with E-state index in [4.69, 9.17) is 4.74 Å². The van der Waals surface area contributed by atoms with Crippen LogP contribution in [0.15, 0.2) is 48.5 Å². The molecule has 174 valence electrons. The lowest BCUT2D eigenvalue weighted by molar-refractivity contribution is -0.164. The van der Waals surface area contributed by atoms with Crippen molar-refractivity contribution in [3.05, 3.63) is 59.7 Å². The van der Waals surface area contributed by atoms with Crippen LogP contribution >= 0.6 is 11.8 Å². The Morgan fingerprint density at radius 2 is 1.70 bits per heavy atom. The lowest BCUT2D eigenvalue weighted by atomic mass is 9.81. The van der Waals surface area contributed by atoms with Crippen LogP contribution in [-0.2, 0) is 14.3 Å². The van der Waals surface area contributed by atoms with Gasteiger partial charge in [-0.15, -0.1) is 0 Å². The van der Waals surface area contributed by atoms with Crippen molar-refractivity contribution in [3.8, 4) is 11.1 Å². The number of rotatable bonds is 8. The van der Waals surface area contributed by atoms with Crippen LogP contribution in [0.2, 0.25) is 0 Å². The Morgan fingerprint density at radius 1 is 1.12 bits per heavy atom. The van der Waals surface area contributed by atoms with E-state index in [1.165, 1.54) is 4.90 Å². The minimum absolute atomic E-state index is 0.0600. The molecule has 2 aromatic rings. The maximum absolute atomic E-state index is 12.9. The molecule has 1 aliphatic carbocycles. The van der Waals surface area contributed by atoms with Gasteiger partial charge in [0.05, 0.1) is 5.41 Å². The Kier molecular flexibility index (Phi) is 6.65. The Morgan fingerprint density at radius 3 is 2.24 bits per heavy atom. The molecule has 1 heterocycles. The molecule has 0 spiro atoms. The molecule has 1 fully saturated rings. The van der Waals surface area contributed by atoms with E-state index in [1.54, 1.807) is 18.7 Å². The number of likely N-dealkylation sites (tertiary alicyclic amines) is 1. The fourth-order valence-corrected chi connectivity index (χ4v) is 5.05. The smallest absolute Gasteiger partial charge is 0.407 e. The second-order valence-electron chi connectivity index (χ2n) is 8.86. The second-order valence-corrected chi connectivity index (χ2v) is 9.85. The molecule has 7 nitrogen and oxygen atoms in total. The molecule has 1 saturated heterocycles. The van der Waals surface area contributed by atoms with Crippen LogP contribution < -0.4 is 5.32 Å². The van der Waals surface area contributed by atoms with Gasteiger partial charge in [-0.1, -0.05) is 48.5 Å². The summed E-state index contributed by atoms with van der Waals surface area (Å²) in [5.41, 5.74) is 3.61. The Bertz CT molecular complexity index is 1020. The van der Waals surface area contributed by atoms with Gasteiger partial charge >= 0.3 is 12.1 Å². The topological polar surface area (TPSA) is 95.9 Å². The summed E-state index contributed by atoms with van der Waals surface area (Å²) in [7, 11) is 0. The number of nitrogens with one attached hydrogen (secondary N) is 1. The molecule has 0 saturated carbocycles. The molecule has 0 unspecified atom stereocenters. The van der Waals surface area contributed by atoms with Gasteiger partial charge in [-0.3, -0.25) is 9.59 Å². The first-order chi connectivity index (χ1) is 15.8. The minimum Gasteiger partial charge on any atom is -0.481 e. The van der Waals surface area contributed by atoms with Crippen molar-refractivity contribution in [1.29, 1.82) is 0 Å². The third-order valence-corrected chi connectivity index (χ3v) is 7.10. The highest BCUT2D eigenvalue weighted by atomic mass is 32.2. The highest BCUT2D eigenvalue weighted by Gasteiger charge is 2.48. The number of carbonyl (C=O) groups excluding carboxylic acids is 2. The maximum atomic E-state index is 12.9. The third kappa shape index (κ3) is 4.57. The van der Waals surface area contributed by atoms with E-state index in [2.05, 4.69) is 29.6 Å². The van der Waals surface area contributed by atoms with Crippen molar-refractivity contribution in [2.45, 2.75) is 25.3 Å². The predicted octanol–water partition coefficient (Wildman–Crippen LogP) is 3.58. The van der Waals surface area contributed by atoms with Crippen LogP contribution in [0.1, 0.15) is 30.4 Å². The first-order valence-corrected chi connectivity index (χ1v) is 12.4. The number of aliphatic carboxylic acids is 1. The lowest BCUT2D eigenvalue weighted by Crippen LogP contribution is -2.64. The van der Waals surface area contributed by atoms with E-state index in [-0.39, 0.29) is 31.5 Å². The van der Waals surface area contributed by atoms with Crippen molar-refractivity contribution in [3.63, 3.8) is 0 Å². The maximum Gasteiger partial charge on any atom is 0.407 e. The molecule has 0 radical (unpaired) electrons. The van der Waals surface area contributed by atoms with E-state index < -0.39 is 23.5 Å². The van der Waals surface area contributed by atoms with Gasteiger partial charge in [0.1, 0.15) is 12.6 Å². The van der Waals surface area contributed by atoms with E-state index in [1.807, 2.05) is 30.5 Å². The number of amides is 2. The van der Waals surface area contributed by atoms with Crippen LogP contribution in [0.25, 0.3) is 11.1 Å². The van der Waals surface area contributed by atoms with E-state index >= 15 is 0 Å². The summed E-state index contributed by atoms with van der Waals surface area (Å²) < 4.78 is 5.59. The molecule has 1 atom stereocenters. The number of thioether (sulfide) groups is 1. The first-order valence-electron chi connectivity index (χ1n) is 11.0. The number of hydrogen-bond acceptors (Lipinski definition) is 5. The Hall–Kier alpha value is -3.00. The van der Waals surface area contributed by atoms with E-state index in [0.29, 0.717) is 12.2 Å². The Labute approximate surface area is 197 Å². The summed E-state index contributed by atoms with van der Waals surface area (Å²) in [6.45, 7) is 2.08. The highest BCUT2D eigenvalue weighted by molar-refractivity contribution is 7.98. The number of benzene rings is 2. The van der Waals surface area contributed by atoms with Gasteiger partial charge in [-0.05, 0) is 47.6 Å². The van der Waals surface area contributed by atoms with Gasteiger partial charge in [-0.2, -0.15) is 11.8 Å². The van der Waals surface area contributed by atoms with E-state index in [9.17, 15) is 19.5 Å². The molecule has 0 bridgehead atoms. The molecular weight excluding hydrogens is 440 g/mol. The van der Waals surface area contributed by atoms with Gasteiger partial charge in [0.15, 0.2) is 0 Å². The number of nitrogens with zero attached hydrogens (tertiary/aromatic N) is 1. The number of carboxylic acids is 1. The molecule has 2 aliphatic rings. The number of hydrogen-bond donors (Lipinski definition) is 2. The summed E-state index contributed by atoms with van der Waals surface area (Å²) in [6.07, 6.45) is 1.74. The minimum atomic E-state index is -0.927. The monoisotopic (exact) mass is 468 g/mol. The van der Waals surface area contributed by atoms with Crippen molar-refractivity contribution >= 4 is 29.7 Å². The highest BCUT2D eigenvalue weighted by Crippen LogP contribution is 2.44. The largest absolute Gasteiger partial charge is 0.481 e. The molecule has 1 aliphatic heterocycles. The number of fused-ring (bicyclic) bond motifs is 3. The number of ether oxygens (including phenoxy) is 1. The average molecular weight is 469 g/mol. The van der Waals surface area contributed by atoms with Gasteiger partial charge in [-0.25, -0.2) is 4.79 Å². The predicted molar refractivity (Wildman–Crippen MR) is 127 cm³/mol. The fraction of sp³-hybridized carbons (Fsp3) is 0.400. The van der Waals surface area contributed by atoms with Gasteiger partial charge < -0.3 is 20.1 Å². The van der Waals surface area contributed by atoms with Crippen LogP contribution in [-0.4, -0.2) is 65.7 Å². The summed E-state index contributed by atoms with van der Waals surface area (Å²) in [5.74, 6) is -0.562. The molecule has 0 aromatic heterocycles. The van der Waals surface area contributed by atoms with Crippen LogP contribution in [0, 0.1) is 5.41 Å². The van der Waals surface area contributed by atoms with Crippen molar-refractivity contribution in [2.75, 3.05) is 31.7 Å². The SMILES string of the molecule is CSCC[C@@H](NC(=O)OCC1c2ccccc2-c2ccccc21)C(=O)N1CC(C)(C(=O)O)C1. The normalized spacial score (nSPS) is 16.8. The zero-order valence-electron chi connectivity index (χ0n) is 18.7. The summed E-state index contributed by atoms with van der Waals surface area (Å²) >= 11 is 1.58. The van der Waals surface area contributed by atoms with Gasteiger partial charge in [0, 0.05) is 19.0 Å². The molecule has 8 heteroatoms. The Balaban J connectivity index is 1.39.